The van der Waals surface area contributed by atoms with Crippen molar-refractivity contribution >= 4 is 28.3 Å². The van der Waals surface area contributed by atoms with Crippen LogP contribution >= 0.6 is 28.3 Å². The summed E-state index contributed by atoms with van der Waals surface area (Å²) < 4.78 is 0.883. The SMILES string of the molecule is Cl.N#CC(N)c1ccccc1Br. The van der Waals surface area contributed by atoms with E-state index in [4.69, 9.17) is 11.0 Å². The highest BCUT2D eigenvalue weighted by atomic mass is 79.9. The van der Waals surface area contributed by atoms with Crippen LogP contribution in [0.3, 0.4) is 0 Å². The molecule has 0 aliphatic carbocycles. The predicted octanol–water partition coefficient (Wildman–Crippen LogP) is 2.39. The van der Waals surface area contributed by atoms with Gasteiger partial charge in [-0.05, 0) is 11.6 Å². The maximum atomic E-state index is 8.52. The Morgan fingerprint density at radius 2 is 2.00 bits per heavy atom. The fourth-order valence-corrected chi connectivity index (χ4v) is 1.33. The van der Waals surface area contributed by atoms with Gasteiger partial charge in [0.25, 0.3) is 0 Å². The lowest BCUT2D eigenvalue weighted by molar-refractivity contribution is 0.920. The minimum absolute atomic E-state index is 0. The minimum atomic E-state index is -0.537. The third-order valence-electron chi connectivity index (χ3n) is 1.38. The molecular formula is C8H8BrClN2. The molecule has 0 bridgehead atoms. The van der Waals surface area contributed by atoms with Crippen LogP contribution in [0.2, 0.25) is 0 Å². The quantitative estimate of drug-likeness (QED) is 0.828. The lowest BCUT2D eigenvalue weighted by Gasteiger charge is -2.03. The number of rotatable bonds is 1. The van der Waals surface area contributed by atoms with E-state index in [0.717, 1.165) is 10.0 Å². The Kier molecular flexibility index (Phi) is 4.91. The van der Waals surface area contributed by atoms with Crippen molar-refractivity contribution in [2.45, 2.75) is 6.04 Å². The number of nitrogens with two attached hydrogens (primary N) is 1. The fraction of sp³-hybridized carbons (Fsp3) is 0.125. The Morgan fingerprint density at radius 1 is 1.42 bits per heavy atom. The molecule has 1 rings (SSSR count). The third-order valence-corrected chi connectivity index (χ3v) is 2.10. The highest BCUT2D eigenvalue weighted by molar-refractivity contribution is 9.10. The maximum Gasteiger partial charge on any atom is 0.119 e. The molecule has 2 nitrogen and oxygen atoms in total. The summed E-state index contributed by atoms with van der Waals surface area (Å²) in [4.78, 5) is 0. The van der Waals surface area contributed by atoms with Crippen LogP contribution in [0.4, 0.5) is 0 Å². The summed E-state index contributed by atoms with van der Waals surface area (Å²) in [6.07, 6.45) is 0. The van der Waals surface area contributed by atoms with E-state index in [1.165, 1.54) is 0 Å². The Balaban J connectivity index is 0.00000121. The molecule has 1 atom stereocenters. The van der Waals surface area contributed by atoms with E-state index in [-0.39, 0.29) is 12.4 Å². The average Bonchev–Trinajstić information content (AvgIpc) is 2.04. The highest BCUT2D eigenvalue weighted by Crippen LogP contribution is 2.20. The molecule has 0 fully saturated rings. The zero-order chi connectivity index (χ0) is 8.27. The molecule has 0 radical (unpaired) electrons. The zero-order valence-electron chi connectivity index (χ0n) is 6.20. The molecule has 2 N–H and O–H groups in total. The molecule has 4 heteroatoms. The van der Waals surface area contributed by atoms with E-state index in [2.05, 4.69) is 15.9 Å². The van der Waals surface area contributed by atoms with Gasteiger partial charge < -0.3 is 5.73 Å². The lowest BCUT2D eigenvalue weighted by atomic mass is 10.1. The first-order valence-corrected chi connectivity index (χ1v) is 3.94. The molecule has 0 aliphatic heterocycles. The Hall–Kier alpha value is -0.560. The van der Waals surface area contributed by atoms with E-state index in [0.29, 0.717) is 0 Å². The molecule has 0 aromatic heterocycles. The molecule has 12 heavy (non-hydrogen) atoms. The van der Waals surface area contributed by atoms with Gasteiger partial charge in [-0.1, -0.05) is 34.1 Å². The summed E-state index contributed by atoms with van der Waals surface area (Å²) in [6.45, 7) is 0. The first-order chi connectivity index (χ1) is 5.25. The van der Waals surface area contributed by atoms with Gasteiger partial charge in [-0.2, -0.15) is 5.26 Å². The van der Waals surface area contributed by atoms with Gasteiger partial charge in [0.05, 0.1) is 6.07 Å². The smallest absolute Gasteiger partial charge is 0.119 e. The molecule has 0 saturated heterocycles. The standard InChI is InChI=1S/C8H7BrN2.ClH/c9-7-4-2-1-3-6(7)8(11)5-10;/h1-4,8H,11H2;1H. The molecule has 1 unspecified atom stereocenters. The first kappa shape index (κ1) is 11.4. The average molecular weight is 248 g/mol. The predicted molar refractivity (Wildman–Crippen MR) is 53.9 cm³/mol. The van der Waals surface area contributed by atoms with Crippen LogP contribution in [-0.2, 0) is 0 Å². The summed E-state index contributed by atoms with van der Waals surface area (Å²) >= 11 is 3.31. The minimum Gasteiger partial charge on any atom is -0.312 e. The van der Waals surface area contributed by atoms with Crippen LogP contribution in [0.15, 0.2) is 28.7 Å². The summed E-state index contributed by atoms with van der Waals surface area (Å²) in [5.74, 6) is 0. The second-order valence-electron chi connectivity index (χ2n) is 2.13. The number of benzene rings is 1. The summed E-state index contributed by atoms with van der Waals surface area (Å²) in [5, 5.41) is 8.52. The molecule has 0 amide bonds. The third kappa shape index (κ3) is 2.49. The highest BCUT2D eigenvalue weighted by Gasteiger charge is 2.06. The van der Waals surface area contributed by atoms with Crippen LogP contribution in [0.25, 0.3) is 0 Å². The molecular weight excluding hydrogens is 239 g/mol. The second-order valence-corrected chi connectivity index (χ2v) is 2.98. The van der Waals surface area contributed by atoms with E-state index in [1.54, 1.807) is 0 Å². The molecule has 0 aliphatic rings. The van der Waals surface area contributed by atoms with E-state index >= 15 is 0 Å². The largest absolute Gasteiger partial charge is 0.312 e. The topological polar surface area (TPSA) is 49.8 Å². The molecule has 0 saturated carbocycles. The second kappa shape index (κ2) is 5.15. The monoisotopic (exact) mass is 246 g/mol. The van der Waals surface area contributed by atoms with Crippen molar-refractivity contribution in [3.8, 4) is 6.07 Å². The number of halogens is 2. The maximum absolute atomic E-state index is 8.52. The van der Waals surface area contributed by atoms with Crippen molar-refractivity contribution in [1.82, 2.24) is 0 Å². The van der Waals surface area contributed by atoms with Crippen molar-refractivity contribution in [3.05, 3.63) is 34.3 Å². The number of nitrogens with zero attached hydrogens (tertiary/aromatic N) is 1. The van der Waals surface area contributed by atoms with Gasteiger partial charge in [-0.25, -0.2) is 0 Å². The van der Waals surface area contributed by atoms with Crippen LogP contribution in [0.5, 0.6) is 0 Å². The van der Waals surface area contributed by atoms with Crippen molar-refractivity contribution in [2.24, 2.45) is 5.73 Å². The van der Waals surface area contributed by atoms with Gasteiger partial charge in [0, 0.05) is 4.47 Å². The van der Waals surface area contributed by atoms with Crippen molar-refractivity contribution in [3.63, 3.8) is 0 Å². The van der Waals surface area contributed by atoms with Gasteiger partial charge in [0.2, 0.25) is 0 Å². The van der Waals surface area contributed by atoms with E-state index < -0.39 is 6.04 Å². The Morgan fingerprint density at radius 3 is 2.50 bits per heavy atom. The lowest BCUT2D eigenvalue weighted by Crippen LogP contribution is -2.07. The summed E-state index contributed by atoms with van der Waals surface area (Å²) in [6, 6.07) is 8.88. The summed E-state index contributed by atoms with van der Waals surface area (Å²) in [7, 11) is 0. The molecule has 0 heterocycles. The molecule has 1 aromatic rings. The number of nitriles is 1. The number of hydrogen-bond donors (Lipinski definition) is 1. The fourth-order valence-electron chi connectivity index (χ4n) is 0.797. The molecule has 0 spiro atoms. The van der Waals surface area contributed by atoms with Gasteiger partial charge in [0.15, 0.2) is 0 Å². The van der Waals surface area contributed by atoms with Gasteiger partial charge in [-0.3, -0.25) is 0 Å². The summed E-state index contributed by atoms with van der Waals surface area (Å²) in [5.41, 5.74) is 6.33. The van der Waals surface area contributed by atoms with Gasteiger partial charge in [-0.15, -0.1) is 12.4 Å². The van der Waals surface area contributed by atoms with Crippen LogP contribution in [-0.4, -0.2) is 0 Å². The van der Waals surface area contributed by atoms with Crippen LogP contribution in [0.1, 0.15) is 11.6 Å². The van der Waals surface area contributed by atoms with Gasteiger partial charge in [0.1, 0.15) is 6.04 Å². The zero-order valence-corrected chi connectivity index (χ0v) is 8.60. The first-order valence-electron chi connectivity index (χ1n) is 3.15. The normalized spacial score (nSPS) is 11.1. The van der Waals surface area contributed by atoms with Crippen molar-refractivity contribution in [1.29, 1.82) is 5.26 Å². The Labute approximate surface area is 85.9 Å². The van der Waals surface area contributed by atoms with Crippen molar-refractivity contribution in [2.75, 3.05) is 0 Å². The van der Waals surface area contributed by atoms with Crippen molar-refractivity contribution < 1.29 is 0 Å². The van der Waals surface area contributed by atoms with Crippen LogP contribution < -0.4 is 5.73 Å². The van der Waals surface area contributed by atoms with Gasteiger partial charge >= 0.3 is 0 Å². The molecule has 64 valence electrons. The Bertz CT molecular complexity index is 295. The van der Waals surface area contributed by atoms with E-state index in [9.17, 15) is 0 Å². The molecule has 1 aromatic carbocycles. The number of hydrogen-bond acceptors (Lipinski definition) is 2. The van der Waals surface area contributed by atoms with Crippen LogP contribution in [0, 0.1) is 11.3 Å². The van der Waals surface area contributed by atoms with E-state index in [1.807, 2.05) is 30.3 Å².